The molecule has 1 aliphatic rings. The topological polar surface area (TPSA) is 74.7 Å². The number of nitrogens with zero attached hydrogens (tertiary/aromatic N) is 1. The van der Waals surface area contributed by atoms with Crippen molar-refractivity contribution in [3.63, 3.8) is 0 Å². The number of hydrogen-bond acceptors (Lipinski definition) is 4. The van der Waals surface area contributed by atoms with E-state index >= 15 is 0 Å². The van der Waals surface area contributed by atoms with Crippen LogP contribution in [0.3, 0.4) is 0 Å². The number of carboxylic acid groups (broad SMARTS) is 1. The molecule has 1 saturated carbocycles. The molecule has 0 unspecified atom stereocenters. The third-order valence-electron chi connectivity index (χ3n) is 3.22. The minimum Gasteiger partial charge on any atom is -0.477 e. The quantitative estimate of drug-likeness (QED) is 0.874. The normalized spacial score (nSPS) is 15.9. The van der Waals surface area contributed by atoms with Gasteiger partial charge in [0.2, 0.25) is 10.0 Å². The van der Waals surface area contributed by atoms with Gasteiger partial charge in [-0.25, -0.2) is 13.2 Å². The number of carbonyl (C=O) groups is 1. The molecule has 1 aliphatic carbocycles. The summed E-state index contributed by atoms with van der Waals surface area (Å²) < 4.78 is 26.6. The van der Waals surface area contributed by atoms with Gasteiger partial charge in [-0.15, -0.1) is 11.3 Å². The predicted octanol–water partition coefficient (Wildman–Crippen LogP) is 2.18. The maximum absolute atomic E-state index is 12.6. The molecule has 0 aliphatic heterocycles. The largest absolute Gasteiger partial charge is 0.477 e. The van der Waals surface area contributed by atoms with Crippen molar-refractivity contribution >= 4 is 27.3 Å². The number of aromatic carboxylic acids is 1. The number of thiophene rings is 1. The monoisotopic (exact) mass is 303 g/mol. The van der Waals surface area contributed by atoms with Crippen molar-refractivity contribution < 1.29 is 18.3 Å². The van der Waals surface area contributed by atoms with Crippen LogP contribution in [0.5, 0.6) is 0 Å². The van der Waals surface area contributed by atoms with E-state index in [9.17, 15) is 13.2 Å². The van der Waals surface area contributed by atoms with E-state index < -0.39 is 16.0 Å². The number of hydrogen-bond donors (Lipinski definition) is 1. The first kappa shape index (κ1) is 14.5. The van der Waals surface area contributed by atoms with E-state index in [-0.39, 0.29) is 9.77 Å². The Hall–Kier alpha value is -0.920. The second-order valence-electron chi connectivity index (χ2n) is 4.78. The van der Waals surface area contributed by atoms with Crippen molar-refractivity contribution in [2.45, 2.75) is 31.6 Å². The Kier molecular flexibility index (Phi) is 3.98. The standard InChI is InChI=1S/C12H17NO4S2/c1-3-13(6-9-4-5-9)19(16,17)11-8(2)7-18-10(11)12(14)15/h7,9H,3-6H2,1-2H3,(H,14,15). The van der Waals surface area contributed by atoms with Crippen LogP contribution in [-0.4, -0.2) is 36.9 Å². The molecule has 1 aromatic rings. The maximum Gasteiger partial charge on any atom is 0.347 e. The van der Waals surface area contributed by atoms with Crippen LogP contribution in [0, 0.1) is 12.8 Å². The van der Waals surface area contributed by atoms with Crippen molar-refractivity contribution in [3.8, 4) is 0 Å². The molecule has 5 nitrogen and oxygen atoms in total. The van der Waals surface area contributed by atoms with Gasteiger partial charge in [0.1, 0.15) is 9.77 Å². The first-order chi connectivity index (χ1) is 8.87. The van der Waals surface area contributed by atoms with Crippen molar-refractivity contribution in [3.05, 3.63) is 15.8 Å². The fraction of sp³-hybridized carbons (Fsp3) is 0.583. The zero-order valence-electron chi connectivity index (χ0n) is 10.9. The Bertz CT molecular complexity index is 587. The van der Waals surface area contributed by atoms with Gasteiger partial charge in [-0.05, 0) is 36.6 Å². The minimum atomic E-state index is -3.71. The smallest absolute Gasteiger partial charge is 0.347 e. The van der Waals surface area contributed by atoms with E-state index in [1.807, 2.05) is 0 Å². The molecular formula is C12H17NO4S2. The minimum absolute atomic E-state index is 0.0347. The third kappa shape index (κ3) is 2.82. The van der Waals surface area contributed by atoms with Gasteiger partial charge in [0.05, 0.1) is 0 Å². The molecule has 7 heteroatoms. The molecule has 0 atom stereocenters. The lowest BCUT2D eigenvalue weighted by Crippen LogP contribution is -2.33. The van der Waals surface area contributed by atoms with Gasteiger partial charge in [-0.3, -0.25) is 0 Å². The van der Waals surface area contributed by atoms with E-state index in [1.54, 1.807) is 19.2 Å². The Labute approximate surface area is 116 Å². The highest BCUT2D eigenvalue weighted by Gasteiger charge is 2.34. The van der Waals surface area contributed by atoms with Crippen LogP contribution < -0.4 is 0 Å². The third-order valence-corrected chi connectivity index (χ3v) is 6.57. The van der Waals surface area contributed by atoms with Gasteiger partial charge in [-0.2, -0.15) is 4.31 Å². The van der Waals surface area contributed by atoms with Gasteiger partial charge in [0.25, 0.3) is 0 Å². The SMILES string of the molecule is CCN(CC1CC1)S(=O)(=O)c1c(C)csc1C(=O)O. The highest BCUT2D eigenvalue weighted by Crippen LogP contribution is 2.34. The predicted molar refractivity (Wildman–Crippen MR) is 73.2 cm³/mol. The molecule has 1 heterocycles. The molecule has 2 rings (SSSR count). The van der Waals surface area contributed by atoms with E-state index in [0.717, 1.165) is 24.2 Å². The summed E-state index contributed by atoms with van der Waals surface area (Å²) in [6, 6.07) is 0. The average molecular weight is 303 g/mol. The highest BCUT2D eigenvalue weighted by molar-refractivity contribution is 7.89. The summed E-state index contributed by atoms with van der Waals surface area (Å²) in [4.78, 5) is 11.0. The summed E-state index contributed by atoms with van der Waals surface area (Å²) in [6.45, 7) is 4.28. The van der Waals surface area contributed by atoms with E-state index in [4.69, 9.17) is 5.11 Å². The molecule has 1 N–H and O–H groups in total. The Balaban J connectivity index is 2.42. The second-order valence-corrected chi connectivity index (χ2v) is 7.54. The summed E-state index contributed by atoms with van der Waals surface area (Å²) in [6.07, 6.45) is 2.11. The van der Waals surface area contributed by atoms with Crippen LogP contribution in [-0.2, 0) is 10.0 Å². The number of rotatable bonds is 6. The zero-order valence-corrected chi connectivity index (χ0v) is 12.6. The summed E-state index contributed by atoms with van der Waals surface area (Å²) >= 11 is 0.968. The lowest BCUT2D eigenvalue weighted by atomic mass is 10.3. The fourth-order valence-electron chi connectivity index (χ4n) is 2.02. The summed E-state index contributed by atoms with van der Waals surface area (Å²) in [7, 11) is -3.71. The van der Waals surface area contributed by atoms with Gasteiger partial charge >= 0.3 is 5.97 Å². The molecular weight excluding hydrogens is 286 g/mol. The van der Waals surface area contributed by atoms with Crippen LogP contribution in [0.25, 0.3) is 0 Å². The molecule has 0 bridgehead atoms. The fourth-order valence-corrected chi connectivity index (χ4v) is 5.13. The molecule has 0 aromatic carbocycles. The van der Waals surface area contributed by atoms with Crippen LogP contribution in [0.2, 0.25) is 0 Å². The first-order valence-corrected chi connectivity index (χ1v) is 8.51. The Morgan fingerprint density at radius 3 is 2.63 bits per heavy atom. The van der Waals surface area contributed by atoms with Crippen molar-refractivity contribution in [1.29, 1.82) is 0 Å². The molecule has 1 fully saturated rings. The Morgan fingerprint density at radius 2 is 2.16 bits per heavy atom. The molecule has 0 saturated heterocycles. The Morgan fingerprint density at radius 1 is 1.53 bits per heavy atom. The molecule has 0 spiro atoms. The summed E-state index contributed by atoms with van der Waals surface area (Å²) in [5.41, 5.74) is 0.511. The molecule has 1 aromatic heterocycles. The molecule has 0 radical (unpaired) electrons. The van der Waals surface area contributed by atoms with Crippen molar-refractivity contribution in [2.75, 3.05) is 13.1 Å². The summed E-state index contributed by atoms with van der Waals surface area (Å²) in [5, 5.41) is 10.7. The van der Waals surface area contributed by atoms with Crippen LogP contribution in [0.1, 0.15) is 35.0 Å². The first-order valence-electron chi connectivity index (χ1n) is 6.19. The van der Waals surface area contributed by atoms with Crippen LogP contribution >= 0.6 is 11.3 Å². The zero-order chi connectivity index (χ0) is 14.2. The average Bonchev–Trinajstić information content (AvgIpc) is 3.06. The van der Waals surface area contributed by atoms with E-state index in [1.165, 1.54) is 4.31 Å². The van der Waals surface area contributed by atoms with Gasteiger partial charge < -0.3 is 5.11 Å². The van der Waals surface area contributed by atoms with E-state index in [2.05, 4.69) is 0 Å². The molecule has 19 heavy (non-hydrogen) atoms. The highest BCUT2D eigenvalue weighted by atomic mass is 32.2. The van der Waals surface area contributed by atoms with Gasteiger partial charge in [-0.1, -0.05) is 6.92 Å². The lowest BCUT2D eigenvalue weighted by Gasteiger charge is -2.20. The molecule has 0 amide bonds. The lowest BCUT2D eigenvalue weighted by molar-refractivity contribution is 0.0698. The van der Waals surface area contributed by atoms with Gasteiger partial charge in [0, 0.05) is 13.1 Å². The van der Waals surface area contributed by atoms with E-state index in [0.29, 0.717) is 24.6 Å². The van der Waals surface area contributed by atoms with Gasteiger partial charge in [0.15, 0.2) is 0 Å². The van der Waals surface area contributed by atoms with Crippen molar-refractivity contribution in [2.24, 2.45) is 5.92 Å². The van der Waals surface area contributed by atoms with Crippen LogP contribution in [0.15, 0.2) is 10.3 Å². The number of aryl methyl sites for hydroxylation is 1. The van der Waals surface area contributed by atoms with Crippen molar-refractivity contribution in [1.82, 2.24) is 4.31 Å². The maximum atomic E-state index is 12.6. The summed E-state index contributed by atoms with van der Waals surface area (Å²) in [5.74, 6) is -0.749. The second kappa shape index (κ2) is 5.22. The molecule has 106 valence electrons. The number of sulfonamides is 1. The number of carboxylic acids is 1. The van der Waals surface area contributed by atoms with Crippen LogP contribution in [0.4, 0.5) is 0 Å².